The number of benzene rings is 2. The average Bonchev–Trinajstić information content (AvgIpc) is 2.78. The number of rotatable bonds is 8. The molecule has 0 radical (unpaired) electrons. The Morgan fingerprint density at radius 2 is 2.07 bits per heavy atom. The van der Waals surface area contributed by atoms with Gasteiger partial charge in [-0.25, -0.2) is 5.48 Å². The third-order valence-electron chi connectivity index (χ3n) is 5.15. The Hall–Kier alpha value is -2.08. The van der Waals surface area contributed by atoms with Crippen LogP contribution in [0.5, 0.6) is 5.75 Å². The lowest BCUT2D eigenvalue weighted by Crippen LogP contribution is -2.19. The number of halogens is 2. The minimum Gasteiger partial charge on any atom is -0.487 e. The lowest BCUT2D eigenvalue weighted by Gasteiger charge is -2.16. The molecule has 0 fully saturated rings. The summed E-state index contributed by atoms with van der Waals surface area (Å²) in [7, 11) is 0. The molecule has 0 saturated carbocycles. The molecule has 0 atom stereocenters. The molecule has 30 heavy (non-hydrogen) atoms. The first kappa shape index (κ1) is 22.6. The molecule has 0 unspecified atom stereocenters. The van der Waals surface area contributed by atoms with Crippen molar-refractivity contribution in [1.29, 1.82) is 0 Å². The molecule has 4 nitrogen and oxygen atoms in total. The second-order valence-electron chi connectivity index (χ2n) is 7.15. The van der Waals surface area contributed by atoms with Crippen molar-refractivity contribution in [3.8, 4) is 5.75 Å². The summed E-state index contributed by atoms with van der Waals surface area (Å²) in [5, 5.41) is 9.28. The van der Waals surface area contributed by atoms with E-state index in [0.717, 1.165) is 46.0 Å². The van der Waals surface area contributed by atoms with Gasteiger partial charge in [-0.1, -0.05) is 55.0 Å². The SMILES string of the molecule is CCc1cc(Cl)c(OCc2cccc(C3=CCCC=C3)c2Br)cc1CCC(=O)NO. The van der Waals surface area contributed by atoms with Gasteiger partial charge in [0.1, 0.15) is 12.4 Å². The summed E-state index contributed by atoms with van der Waals surface area (Å²) in [6.07, 6.45) is 10.2. The highest BCUT2D eigenvalue weighted by molar-refractivity contribution is 9.10. The zero-order valence-corrected chi connectivity index (χ0v) is 19.2. The molecular weight excluding hydrogens is 466 g/mol. The van der Waals surface area contributed by atoms with Gasteiger partial charge in [-0.2, -0.15) is 0 Å². The topological polar surface area (TPSA) is 58.6 Å². The van der Waals surface area contributed by atoms with Gasteiger partial charge in [0.05, 0.1) is 5.02 Å². The van der Waals surface area contributed by atoms with Crippen LogP contribution < -0.4 is 10.2 Å². The zero-order chi connectivity index (χ0) is 21.5. The number of hydrogen-bond donors (Lipinski definition) is 2. The summed E-state index contributed by atoms with van der Waals surface area (Å²) in [5.41, 5.74) is 7.12. The summed E-state index contributed by atoms with van der Waals surface area (Å²) in [4.78, 5) is 11.4. The fourth-order valence-electron chi connectivity index (χ4n) is 3.50. The molecule has 0 saturated heterocycles. The predicted molar refractivity (Wildman–Crippen MR) is 124 cm³/mol. The molecule has 158 valence electrons. The van der Waals surface area contributed by atoms with Crippen LogP contribution in [0.4, 0.5) is 0 Å². The minimum atomic E-state index is -0.415. The lowest BCUT2D eigenvalue weighted by atomic mass is 9.98. The zero-order valence-electron chi connectivity index (χ0n) is 16.9. The van der Waals surface area contributed by atoms with Gasteiger partial charge >= 0.3 is 0 Å². The van der Waals surface area contributed by atoms with Gasteiger partial charge in [-0.3, -0.25) is 10.0 Å². The Labute approximate surface area is 190 Å². The van der Waals surface area contributed by atoms with Crippen LogP contribution in [0.15, 0.2) is 53.0 Å². The highest BCUT2D eigenvalue weighted by Gasteiger charge is 2.13. The number of aryl methyl sites for hydroxylation is 2. The van der Waals surface area contributed by atoms with Gasteiger partial charge in [0, 0.05) is 16.5 Å². The van der Waals surface area contributed by atoms with E-state index < -0.39 is 5.91 Å². The molecule has 2 N–H and O–H groups in total. The first-order valence-electron chi connectivity index (χ1n) is 10.0. The molecule has 0 bridgehead atoms. The maximum Gasteiger partial charge on any atom is 0.243 e. The Morgan fingerprint density at radius 1 is 1.23 bits per heavy atom. The Bertz CT molecular complexity index is 985. The number of hydroxylamine groups is 1. The van der Waals surface area contributed by atoms with Crippen LogP contribution in [-0.2, 0) is 24.2 Å². The summed E-state index contributed by atoms with van der Waals surface area (Å²) in [6, 6.07) is 9.95. The lowest BCUT2D eigenvalue weighted by molar-refractivity contribution is -0.129. The maximum atomic E-state index is 11.4. The van der Waals surface area contributed by atoms with Gasteiger partial charge in [-0.15, -0.1) is 0 Å². The molecule has 6 heteroatoms. The monoisotopic (exact) mass is 489 g/mol. The van der Waals surface area contributed by atoms with Gasteiger partial charge < -0.3 is 4.74 Å². The van der Waals surface area contributed by atoms with Crippen molar-refractivity contribution in [2.45, 2.75) is 45.6 Å². The van der Waals surface area contributed by atoms with E-state index in [1.165, 1.54) is 5.57 Å². The molecule has 0 spiro atoms. The van der Waals surface area contributed by atoms with E-state index in [4.69, 9.17) is 21.5 Å². The Kier molecular flexibility index (Phi) is 8.14. The third-order valence-corrected chi connectivity index (χ3v) is 6.38. The highest BCUT2D eigenvalue weighted by atomic mass is 79.9. The van der Waals surface area contributed by atoms with Gasteiger partial charge in [0.2, 0.25) is 5.91 Å². The van der Waals surface area contributed by atoms with Crippen molar-refractivity contribution in [2.75, 3.05) is 0 Å². The fourth-order valence-corrected chi connectivity index (χ4v) is 4.34. The summed E-state index contributed by atoms with van der Waals surface area (Å²) in [5.74, 6) is 0.170. The number of carbonyl (C=O) groups excluding carboxylic acids is 1. The molecule has 2 aromatic carbocycles. The van der Waals surface area contributed by atoms with Crippen LogP contribution >= 0.6 is 27.5 Å². The molecular formula is C24H25BrClNO3. The second kappa shape index (κ2) is 10.8. The number of carbonyl (C=O) groups is 1. The smallest absolute Gasteiger partial charge is 0.243 e. The predicted octanol–water partition coefficient (Wildman–Crippen LogP) is 6.42. The number of ether oxygens (including phenoxy) is 1. The number of hydrogen-bond acceptors (Lipinski definition) is 3. The van der Waals surface area contributed by atoms with Crippen LogP contribution in [0.1, 0.15) is 48.4 Å². The molecule has 1 aliphatic rings. The molecule has 0 heterocycles. The standard InChI is InChI=1S/C24H25BrClNO3/c1-2-16-13-21(26)22(14-18(16)11-12-23(28)27-29)30-15-19-9-6-10-20(24(19)25)17-7-4-3-5-8-17/h4,6-10,13-14,29H,2-3,5,11-12,15H2,1H3,(H,27,28). The van der Waals surface area contributed by atoms with Crippen molar-refractivity contribution < 1.29 is 14.7 Å². The van der Waals surface area contributed by atoms with Crippen LogP contribution in [0, 0.1) is 0 Å². The number of nitrogens with one attached hydrogen (secondary N) is 1. The molecule has 1 amide bonds. The van der Waals surface area contributed by atoms with E-state index in [9.17, 15) is 4.79 Å². The van der Waals surface area contributed by atoms with Gasteiger partial charge in [0.15, 0.2) is 0 Å². The van der Waals surface area contributed by atoms with Gasteiger partial charge in [-0.05, 0) is 76.0 Å². The van der Waals surface area contributed by atoms with Crippen LogP contribution in [0.2, 0.25) is 5.02 Å². The van der Waals surface area contributed by atoms with E-state index in [1.807, 2.05) is 31.2 Å². The minimum absolute atomic E-state index is 0.195. The first-order valence-corrected chi connectivity index (χ1v) is 11.2. The van der Waals surface area contributed by atoms with E-state index in [0.29, 0.717) is 23.8 Å². The van der Waals surface area contributed by atoms with Crippen molar-refractivity contribution in [1.82, 2.24) is 5.48 Å². The summed E-state index contributed by atoms with van der Waals surface area (Å²) in [6.45, 7) is 2.41. The molecule has 2 aromatic rings. The van der Waals surface area contributed by atoms with E-state index in [-0.39, 0.29) is 6.42 Å². The Morgan fingerprint density at radius 3 is 2.77 bits per heavy atom. The average molecular weight is 491 g/mol. The van der Waals surface area contributed by atoms with Crippen LogP contribution in [0.25, 0.3) is 5.57 Å². The molecule has 0 aromatic heterocycles. The molecule has 0 aliphatic heterocycles. The van der Waals surface area contributed by atoms with E-state index in [2.05, 4.69) is 40.2 Å². The third kappa shape index (κ3) is 5.54. The number of amides is 1. The quantitative estimate of drug-likeness (QED) is 0.332. The summed E-state index contributed by atoms with van der Waals surface area (Å²) < 4.78 is 7.09. The second-order valence-corrected chi connectivity index (χ2v) is 8.35. The van der Waals surface area contributed by atoms with Crippen molar-refractivity contribution >= 4 is 39.0 Å². The van der Waals surface area contributed by atoms with Crippen LogP contribution in [0.3, 0.4) is 0 Å². The van der Waals surface area contributed by atoms with Crippen molar-refractivity contribution in [3.63, 3.8) is 0 Å². The van der Waals surface area contributed by atoms with E-state index in [1.54, 1.807) is 5.48 Å². The molecule has 1 aliphatic carbocycles. The largest absolute Gasteiger partial charge is 0.487 e. The van der Waals surface area contributed by atoms with E-state index >= 15 is 0 Å². The highest BCUT2D eigenvalue weighted by Crippen LogP contribution is 2.33. The van der Waals surface area contributed by atoms with Crippen LogP contribution in [-0.4, -0.2) is 11.1 Å². The number of allylic oxidation sites excluding steroid dienone is 4. The summed E-state index contributed by atoms with van der Waals surface area (Å²) >= 11 is 10.2. The Balaban J connectivity index is 1.79. The normalized spacial score (nSPS) is 13.1. The first-order chi connectivity index (χ1) is 14.5. The maximum absolute atomic E-state index is 11.4. The van der Waals surface area contributed by atoms with Crippen molar-refractivity contribution in [2.24, 2.45) is 0 Å². The molecule has 3 rings (SSSR count). The van der Waals surface area contributed by atoms with Crippen molar-refractivity contribution in [3.05, 3.63) is 80.3 Å². The fraction of sp³-hybridized carbons (Fsp3) is 0.292. The van der Waals surface area contributed by atoms with Gasteiger partial charge in [0.25, 0.3) is 0 Å².